The summed E-state index contributed by atoms with van der Waals surface area (Å²) in [5.41, 5.74) is -0.241. The SMILES string of the molecule is C[C@]1(CC(=O)O)CCC(c2ccc(Cl)cc2)N(C(C=O)CCC=O)C1=O. The van der Waals surface area contributed by atoms with Crippen molar-refractivity contribution in [2.45, 2.75) is 51.1 Å². The van der Waals surface area contributed by atoms with E-state index in [4.69, 9.17) is 11.6 Å². The predicted octanol–water partition coefficient (Wildman–Crippen LogP) is 3.03. The number of halogens is 1. The summed E-state index contributed by atoms with van der Waals surface area (Å²) in [5, 5.41) is 9.75. The van der Waals surface area contributed by atoms with Gasteiger partial charge in [-0.15, -0.1) is 0 Å². The first-order valence-electron chi connectivity index (χ1n) is 8.51. The Kier molecular flexibility index (Phi) is 6.53. The summed E-state index contributed by atoms with van der Waals surface area (Å²) in [6.07, 6.45) is 2.37. The molecule has 26 heavy (non-hydrogen) atoms. The van der Waals surface area contributed by atoms with Gasteiger partial charge in [-0.25, -0.2) is 0 Å². The van der Waals surface area contributed by atoms with Crippen molar-refractivity contribution in [2.24, 2.45) is 5.41 Å². The molecule has 2 rings (SSSR count). The van der Waals surface area contributed by atoms with Crippen LogP contribution in [0.4, 0.5) is 0 Å². The number of hydrogen-bond donors (Lipinski definition) is 1. The van der Waals surface area contributed by atoms with Crippen LogP contribution in [0.2, 0.25) is 5.02 Å². The van der Waals surface area contributed by atoms with Crippen LogP contribution in [0.15, 0.2) is 24.3 Å². The maximum atomic E-state index is 13.2. The van der Waals surface area contributed by atoms with Crippen molar-refractivity contribution in [3.8, 4) is 0 Å². The molecule has 3 atom stereocenters. The zero-order valence-corrected chi connectivity index (χ0v) is 15.3. The molecule has 1 aromatic carbocycles. The van der Waals surface area contributed by atoms with E-state index in [2.05, 4.69) is 0 Å². The van der Waals surface area contributed by atoms with Crippen LogP contribution in [0, 0.1) is 5.41 Å². The van der Waals surface area contributed by atoms with Gasteiger partial charge in [0.2, 0.25) is 5.91 Å². The normalized spacial score (nSPS) is 24.2. The van der Waals surface area contributed by atoms with Gasteiger partial charge in [-0.2, -0.15) is 0 Å². The van der Waals surface area contributed by atoms with E-state index < -0.39 is 17.4 Å². The van der Waals surface area contributed by atoms with Crippen molar-refractivity contribution in [1.82, 2.24) is 4.90 Å². The average Bonchev–Trinajstić information content (AvgIpc) is 2.59. The second-order valence-electron chi connectivity index (χ2n) is 6.90. The summed E-state index contributed by atoms with van der Waals surface area (Å²) >= 11 is 5.94. The number of likely N-dealkylation sites (tertiary alicyclic amines) is 1. The Bertz CT molecular complexity index is 690. The largest absolute Gasteiger partial charge is 0.481 e. The van der Waals surface area contributed by atoms with Crippen LogP contribution in [0.3, 0.4) is 0 Å². The van der Waals surface area contributed by atoms with E-state index in [1.807, 2.05) is 0 Å². The molecule has 140 valence electrons. The number of piperidine rings is 1. The molecule has 1 amide bonds. The minimum atomic E-state index is -1.07. The minimum Gasteiger partial charge on any atom is -0.481 e. The topological polar surface area (TPSA) is 91.8 Å². The summed E-state index contributed by atoms with van der Waals surface area (Å²) in [7, 11) is 0. The summed E-state index contributed by atoms with van der Waals surface area (Å²) in [4.78, 5) is 48.3. The Morgan fingerprint density at radius 2 is 2.04 bits per heavy atom. The Balaban J connectivity index is 2.42. The quantitative estimate of drug-likeness (QED) is 0.701. The standard InChI is InChI=1S/C19H22ClNO5/c1-19(11-17(24)25)9-8-16(13-4-6-14(20)7-5-13)21(18(19)26)15(12-23)3-2-10-22/h4-7,10,12,15-16H,2-3,8-9,11H2,1H3,(H,24,25)/t15?,16?,19-/m1/s1. The zero-order chi connectivity index (χ0) is 19.3. The lowest BCUT2D eigenvalue weighted by atomic mass is 9.74. The first-order valence-corrected chi connectivity index (χ1v) is 8.89. The molecule has 0 saturated carbocycles. The molecule has 1 aliphatic rings. The van der Waals surface area contributed by atoms with E-state index in [1.54, 1.807) is 31.2 Å². The Labute approximate surface area is 157 Å². The van der Waals surface area contributed by atoms with Crippen LogP contribution < -0.4 is 0 Å². The summed E-state index contributed by atoms with van der Waals surface area (Å²) < 4.78 is 0. The van der Waals surface area contributed by atoms with Crippen LogP contribution in [0.5, 0.6) is 0 Å². The van der Waals surface area contributed by atoms with Crippen LogP contribution in [0.1, 0.15) is 50.6 Å². The van der Waals surface area contributed by atoms with Gasteiger partial charge in [0.1, 0.15) is 12.6 Å². The maximum Gasteiger partial charge on any atom is 0.304 e. The van der Waals surface area contributed by atoms with Crippen molar-refractivity contribution in [3.05, 3.63) is 34.9 Å². The van der Waals surface area contributed by atoms with Crippen molar-refractivity contribution in [1.29, 1.82) is 0 Å². The highest BCUT2D eigenvalue weighted by atomic mass is 35.5. The van der Waals surface area contributed by atoms with E-state index in [9.17, 15) is 24.3 Å². The van der Waals surface area contributed by atoms with Gasteiger partial charge in [-0.05, 0) is 37.0 Å². The maximum absolute atomic E-state index is 13.2. The third-order valence-electron chi connectivity index (χ3n) is 4.95. The number of carbonyl (C=O) groups excluding carboxylic acids is 3. The highest BCUT2D eigenvalue weighted by Gasteiger charge is 2.47. The Hall–Kier alpha value is -2.21. The zero-order valence-electron chi connectivity index (χ0n) is 14.6. The highest BCUT2D eigenvalue weighted by molar-refractivity contribution is 6.30. The highest BCUT2D eigenvalue weighted by Crippen LogP contribution is 2.44. The van der Waals surface area contributed by atoms with E-state index >= 15 is 0 Å². The molecule has 1 N–H and O–H groups in total. The van der Waals surface area contributed by atoms with E-state index in [0.717, 1.165) is 5.56 Å². The van der Waals surface area contributed by atoms with Gasteiger partial charge < -0.3 is 19.6 Å². The number of amides is 1. The number of benzene rings is 1. The summed E-state index contributed by atoms with van der Waals surface area (Å²) in [5.74, 6) is -1.42. The molecule has 2 unspecified atom stereocenters. The van der Waals surface area contributed by atoms with Crippen molar-refractivity contribution in [2.75, 3.05) is 0 Å². The summed E-state index contributed by atoms with van der Waals surface area (Å²) in [6, 6.07) is 5.90. The molecule has 6 nitrogen and oxygen atoms in total. The van der Waals surface area contributed by atoms with E-state index in [-0.39, 0.29) is 31.2 Å². The first-order chi connectivity index (χ1) is 12.3. The fraction of sp³-hybridized carbons (Fsp3) is 0.474. The number of aliphatic carboxylic acids is 1. The molecule has 1 heterocycles. The van der Waals surface area contributed by atoms with Crippen LogP contribution >= 0.6 is 11.6 Å². The van der Waals surface area contributed by atoms with Gasteiger partial charge in [-0.3, -0.25) is 9.59 Å². The lowest BCUT2D eigenvalue weighted by Crippen LogP contribution is -2.54. The summed E-state index contributed by atoms with van der Waals surface area (Å²) in [6.45, 7) is 1.62. The van der Waals surface area contributed by atoms with Gasteiger partial charge in [0.15, 0.2) is 0 Å². The molecule has 0 spiro atoms. The molecule has 1 saturated heterocycles. The molecule has 0 aromatic heterocycles. The Morgan fingerprint density at radius 3 is 2.58 bits per heavy atom. The van der Waals surface area contributed by atoms with Gasteiger partial charge in [0.25, 0.3) is 0 Å². The average molecular weight is 380 g/mol. The molecule has 0 bridgehead atoms. The smallest absolute Gasteiger partial charge is 0.304 e. The van der Waals surface area contributed by atoms with Crippen LogP contribution in [-0.4, -0.2) is 40.5 Å². The number of carboxylic acids is 1. The lowest BCUT2D eigenvalue weighted by molar-refractivity contribution is -0.160. The number of rotatable bonds is 8. The minimum absolute atomic E-state index is 0.149. The molecule has 0 aliphatic carbocycles. The predicted molar refractivity (Wildman–Crippen MR) is 95.8 cm³/mol. The van der Waals surface area contributed by atoms with Crippen LogP contribution in [-0.2, 0) is 19.2 Å². The fourth-order valence-electron chi connectivity index (χ4n) is 3.56. The number of nitrogens with zero attached hydrogens (tertiary/aromatic N) is 1. The molecule has 1 fully saturated rings. The molecule has 1 aromatic rings. The van der Waals surface area contributed by atoms with Crippen LogP contribution in [0.25, 0.3) is 0 Å². The van der Waals surface area contributed by atoms with Crippen molar-refractivity contribution in [3.63, 3.8) is 0 Å². The van der Waals surface area contributed by atoms with Gasteiger partial charge >= 0.3 is 5.97 Å². The van der Waals surface area contributed by atoms with Crippen molar-refractivity contribution < 1.29 is 24.3 Å². The third kappa shape index (κ3) is 4.30. The molecule has 0 radical (unpaired) electrons. The molecule has 1 aliphatic heterocycles. The molecule has 7 heteroatoms. The van der Waals surface area contributed by atoms with Crippen molar-refractivity contribution >= 4 is 36.0 Å². The monoisotopic (exact) mass is 379 g/mol. The second-order valence-corrected chi connectivity index (χ2v) is 7.33. The third-order valence-corrected chi connectivity index (χ3v) is 5.20. The first kappa shape index (κ1) is 20.1. The number of aldehydes is 2. The number of carboxylic acid groups (broad SMARTS) is 1. The number of hydrogen-bond acceptors (Lipinski definition) is 4. The Morgan fingerprint density at radius 1 is 1.38 bits per heavy atom. The van der Waals surface area contributed by atoms with Gasteiger partial charge in [0.05, 0.1) is 23.9 Å². The molecular weight excluding hydrogens is 358 g/mol. The van der Waals surface area contributed by atoms with E-state index in [1.165, 1.54) is 4.90 Å². The molecular formula is C19H22ClNO5. The fourth-order valence-corrected chi connectivity index (χ4v) is 3.68. The second kappa shape index (κ2) is 8.45. The number of carbonyl (C=O) groups is 4. The van der Waals surface area contributed by atoms with E-state index in [0.29, 0.717) is 30.4 Å². The van der Waals surface area contributed by atoms with Gasteiger partial charge in [0, 0.05) is 11.4 Å². The lowest BCUT2D eigenvalue weighted by Gasteiger charge is -2.46. The van der Waals surface area contributed by atoms with Gasteiger partial charge in [-0.1, -0.05) is 30.7 Å².